The van der Waals surface area contributed by atoms with Crippen molar-refractivity contribution in [1.82, 2.24) is 24.5 Å². The fourth-order valence-corrected chi connectivity index (χ4v) is 4.36. The van der Waals surface area contributed by atoms with Crippen molar-refractivity contribution in [3.8, 4) is 0 Å². The molecule has 2 aliphatic rings. The highest BCUT2D eigenvalue weighted by molar-refractivity contribution is 6.31. The maximum Gasteiger partial charge on any atom is 0.246 e. The molecule has 2 amide bonds. The van der Waals surface area contributed by atoms with Crippen LogP contribution in [0.5, 0.6) is 0 Å². The first-order valence-corrected chi connectivity index (χ1v) is 11.6. The van der Waals surface area contributed by atoms with Gasteiger partial charge in [-0.3, -0.25) is 19.2 Å². The van der Waals surface area contributed by atoms with E-state index in [1.807, 2.05) is 21.4 Å². The van der Waals surface area contributed by atoms with Gasteiger partial charge in [0, 0.05) is 57.5 Å². The number of halogens is 1. The first kappa shape index (κ1) is 22.8. The predicted octanol–water partition coefficient (Wildman–Crippen LogP) is 2.81. The number of nitrogens with zero attached hydrogens (tertiary/aromatic N) is 5. The Kier molecular flexibility index (Phi) is 8.33. The Morgan fingerprint density at radius 2 is 1.73 bits per heavy atom. The summed E-state index contributed by atoms with van der Waals surface area (Å²) in [5, 5.41) is 5.07. The van der Waals surface area contributed by atoms with Gasteiger partial charge in [-0.2, -0.15) is 5.10 Å². The number of aryl methyl sites for hydroxylation is 2. The second-order valence-electron chi connectivity index (χ2n) is 8.24. The molecule has 0 spiro atoms. The molecule has 0 bridgehead atoms. The topological polar surface area (TPSA) is 61.7 Å². The summed E-state index contributed by atoms with van der Waals surface area (Å²) in [5.74, 6) is 0.202. The Morgan fingerprint density at radius 3 is 2.40 bits per heavy atom. The van der Waals surface area contributed by atoms with Gasteiger partial charge in [-0.05, 0) is 38.7 Å². The third kappa shape index (κ3) is 5.85. The molecule has 3 heterocycles. The predicted molar refractivity (Wildman–Crippen MR) is 119 cm³/mol. The van der Waals surface area contributed by atoms with Crippen molar-refractivity contribution in [2.75, 3.05) is 45.8 Å². The average Bonchev–Trinajstić information content (AvgIpc) is 3.04. The van der Waals surface area contributed by atoms with Gasteiger partial charge in [0.2, 0.25) is 11.8 Å². The summed E-state index contributed by atoms with van der Waals surface area (Å²) >= 11 is 6.45. The van der Waals surface area contributed by atoms with Crippen LogP contribution < -0.4 is 0 Å². The van der Waals surface area contributed by atoms with Crippen LogP contribution in [0.25, 0.3) is 6.08 Å². The Bertz CT molecular complexity index is 762. The van der Waals surface area contributed by atoms with Crippen LogP contribution in [0.4, 0.5) is 0 Å². The third-order valence-electron chi connectivity index (χ3n) is 5.98. The van der Waals surface area contributed by atoms with Crippen molar-refractivity contribution >= 4 is 29.5 Å². The number of rotatable bonds is 7. The van der Waals surface area contributed by atoms with Gasteiger partial charge in [-0.1, -0.05) is 24.9 Å². The first-order valence-electron chi connectivity index (χ1n) is 11.2. The summed E-state index contributed by atoms with van der Waals surface area (Å²) in [6, 6.07) is 0. The lowest BCUT2D eigenvalue weighted by molar-refractivity contribution is -0.134. The monoisotopic (exact) mass is 435 g/mol. The highest BCUT2D eigenvalue weighted by atomic mass is 35.5. The van der Waals surface area contributed by atoms with Gasteiger partial charge in [0.15, 0.2) is 0 Å². The van der Waals surface area contributed by atoms with Crippen LogP contribution in [0.2, 0.25) is 5.15 Å². The summed E-state index contributed by atoms with van der Waals surface area (Å²) in [7, 11) is 0. The minimum Gasteiger partial charge on any atom is -0.342 e. The second-order valence-corrected chi connectivity index (χ2v) is 8.60. The van der Waals surface area contributed by atoms with E-state index in [4.69, 9.17) is 11.6 Å². The van der Waals surface area contributed by atoms with Gasteiger partial charge in [0.25, 0.3) is 0 Å². The van der Waals surface area contributed by atoms with Crippen molar-refractivity contribution in [1.29, 1.82) is 0 Å². The zero-order valence-corrected chi connectivity index (χ0v) is 19.0. The molecule has 2 saturated heterocycles. The molecule has 0 unspecified atom stereocenters. The molecule has 30 heavy (non-hydrogen) atoms. The lowest BCUT2D eigenvalue weighted by Crippen LogP contribution is -2.51. The zero-order valence-electron chi connectivity index (χ0n) is 18.3. The highest BCUT2D eigenvalue weighted by Crippen LogP contribution is 2.22. The highest BCUT2D eigenvalue weighted by Gasteiger charge is 2.24. The molecule has 0 atom stereocenters. The van der Waals surface area contributed by atoms with Crippen molar-refractivity contribution in [3.63, 3.8) is 0 Å². The molecule has 3 rings (SSSR count). The molecule has 0 N–H and O–H groups in total. The maximum absolute atomic E-state index is 12.6. The average molecular weight is 436 g/mol. The number of amides is 2. The van der Waals surface area contributed by atoms with Gasteiger partial charge in [-0.25, -0.2) is 0 Å². The number of hydrogen-bond donors (Lipinski definition) is 0. The number of piperidine rings is 1. The first-order chi connectivity index (χ1) is 14.5. The molecule has 2 fully saturated rings. The maximum atomic E-state index is 12.6. The van der Waals surface area contributed by atoms with Crippen LogP contribution in [-0.4, -0.2) is 82.1 Å². The standard InChI is InChI=1S/C22H34ClN5O2/c1-3-4-12-28-22(23)19(18(2)24-28)8-9-20(29)27-15-13-25(14-16-27)17-21(30)26-10-6-5-7-11-26/h8-9H,3-7,10-17H2,1-2H3/b9-8+. The van der Waals surface area contributed by atoms with Gasteiger partial charge in [0.05, 0.1) is 12.2 Å². The SMILES string of the molecule is CCCCn1nc(C)c(/C=C/C(=O)N2CCN(CC(=O)N3CCCCC3)CC2)c1Cl. The second kappa shape index (κ2) is 11.0. The Labute approximate surface area is 184 Å². The van der Waals surface area contributed by atoms with E-state index >= 15 is 0 Å². The van der Waals surface area contributed by atoms with E-state index < -0.39 is 0 Å². The summed E-state index contributed by atoms with van der Waals surface area (Å²) in [6.07, 6.45) is 8.92. The molecule has 1 aromatic rings. The van der Waals surface area contributed by atoms with E-state index in [2.05, 4.69) is 16.9 Å². The number of piperazine rings is 1. The fraction of sp³-hybridized carbons (Fsp3) is 0.682. The van der Waals surface area contributed by atoms with Crippen LogP contribution >= 0.6 is 11.6 Å². The molecule has 166 valence electrons. The number of likely N-dealkylation sites (tertiary alicyclic amines) is 1. The zero-order chi connectivity index (χ0) is 21.5. The molecule has 2 aliphatic heterocycles. The van der Waals surface area contributed by atoms with Gasteiger partial charge >= 0.3 is 0 Å². The summed E-state index contributed by atoms with van der Waals surface area (Å²) in [5.41, 5.74) is 1.65. The number of carbonyl (C=O) groups excluding carboxylic acids is 2. The molecule has 0 aliphatic carbocycles. The number of hydrogen-bond acceptors (Lipinski definition) is 4. The largest absolute Gasteiger partial charge is 0.342 e. The quantitative estimate of drug-likeness (QED) is 0.618. The number of aromatic nitrogens is 2. The minimum atomic E-state index is -0.0196. The molecule has 0 saturated carbocycles. The van der Waals surface area contributed by atoms with Gasteiger partial charge in [0.1, 0.15) is 5.15 Å². The smallest absolute Gasteiger partial charge is 0.246 e. The van der Waals surface area contributed by atoms with Crippen LogP contribution in [0.3, 0.4) is 0 Å². The van der Waals surface area contributed by atoms with E-state index in [-0.39, 0.29) is 11.8 Å². The van der Waals surface area contributed by atoms with E-state index in [0.717, 1.165) is 69.7 Å². The van der Waals surface area contributed by atoms with E-state index in [1.165, 1.54) is 6.42 Å². The summed E-state index contributed by atoms with van der Waals surface area (Å²) in [6.45, 7) is 9.81. The lowest BCUT2D eigenvalue weighted by Gasteiger charge is -2.35. The third-order valence-corrected chi connectivity index (χ3v) is 6.38. The van der Waals surface area contributed by atoms with Gasteiger partial charge < -0.3 is 9.80 Å². The van der Waals surface area contributed by atoms with Crippen LogP contribution in [-0.2, 0) is 16.1 Å². The molecule has 0 aromatic carbocycles. The van der Waals surface area contributed by atoms with Gasteiger partial charge in [-0.15, -0.1) is 0 Å². The molecular formula is C22H34ClN5O2. The van der Waals surface area contributed by atoms with Crippen molar-refractivity contribution in [2.45, 2.75) is 52.5 Å². The molecule has 0 radical (unpaired) electrons. The molecular weight excluding hydrogens is 402 g/mol. The lowest BCUT2D eigenvalue weighted by atomic mass is 10.1. The normalized spacial score (nSPS) is 18.4. The van der Waals surface area contributed by atoms with E-state index in [9.17, 15) is 9.59 Å². The Hall–Kier alpha value is -1.86. The van der Waals surface area contributed by atoms with Crippen LogP contribution in [0, 0.1) is 6.92 Å². The van der Waals surface area contributed by atoms with E-state index in [0.29, 0.717) is 24.8 Å². The number of unbranched alkanes of at least 4 members (excludes halogenated alkanes) is 1. The number of carbonyl (C=O) groups is 2. The van der Waals surface area contributed by atoms with Crippen molar-refractivity contribution in [2.24, 2.45) is 0 Å². The van der Waals surface area contributed by atoms with Crippen molar-refractivity contribution in [3.05, 3.63) is 22.5 Å². The Balaban J connectivity index is 1.48. The molecule has 1 aromatic heterocycles. The molecule has 7 nitrogen and oxygen atoms in total. The van der Waals surface area contributed by atoms with Crippen LogP contribution in [0.1, 0.15) is 50.3 Å². The Morgan fingerprint density at radius 1 is 1.03 bits per heavy atom. The van der Waals surface area contributed by atoms with E-state index in [1.54, 1.807) is 12.2 Å². The summed E-state index contributed by atoms with van der Waals surface area (Å²) in [4.78, 5) is 31.0. The molecule has 8 heteroatoms. The van der Waals surface area contributed by atoms with Crippen molar-refractivity contribution < 1.29 is 9.59 Å². The fourth-order valence-electron chi connectivity index (χ4n) is 4.03. The minimum absolute atomic E-state index is 0.0196. The summed E-state index contributed by atoms with van der Waals surface area (Å²) < 4.78 is 1.81. The van der Waals surface area contributed by atoms with Crippen LogP contribution in [0.15, 0.2) is 6.08 Å².